The highest BCUT2D eigenvalue weighted by atomic mass is 32.2. The molecule has 0 N–H and O–H groups in total. The minimum atomic E-state index is -6.16. The second-order valence-electron chi connectivity index (χ2n) is 5.75. The molecule has 0 radical (unpaired) electrons. The first kappa shape index (κ1) is 22.8. The van der Waals surface area contributed by atoms with Crippen molar-refractivity contribution in [2.75, 3.05) is 14.2 Å². The number of benzene rings is 1. The number of nitrogens with zero attached hydrogens (tertiary/aromatic N) is 2. The quantitative estimate of drug-likeness (QED) is 0.630. The Balaban J connectivity index is 2.65. The molecule has 0 atom stereocenters. The number of ether oxygens (including phenoxy) is 2. The van der Waals surface area contributed by atoms with Gasteiger partial charge in [-0.3, -0.25) is 9.08 Å². The molecule has 12 heteroatoms. The standard InChI is InChI=1S/C18H15F3N2O6S/c1-11-8-13(6-4-12-5-7-14(27-2)9-16(12)28-3)23(17(24)15(11)10-22)29-30(25,26)18(19,20)21/h4-9H,1-3H3/b6-4+. The summed E-state index contributed by atoms with van der Waals surface area (Å²) >= 11 is 0. The molecule has 0 saturated carbocycles. The highest BCUT2D eigenvalue weighted by molar-refractivity contribution is 7.87. The van der Waals surface area contributed by atoms with Crippen LogP contribution < -0.4 is 19.3 Å². The fraction of sp³-hybridized carbons (Fsp3) is 0.222. The molecule has 0 bridgehead atoms. The summed E-state index contributed by atoms with van der Waals surface area (Å²) in [5, 5.41) is 9.06. The summed E-state index contributed by atoms with van der Waals surface area (Å²) in [5.74, 6) is 0.823. The van der Waals surface area contributed by atoms with Crippen LogP contribution in [0.2, 0.25) is 0 Å². The van der Waals surface area contributed by atoms with Crippen molar-refractivity contribution in [1.82, 2.24) is 4.73 Å². The number of methoxy groups -OCH3 is 2. The van der Waals surface area contributed by atoms with Crippen LogP contribution in [0.4, 0.5) is 13.2 Å². The number of aryl methyl sites for hydroxylation is 1. The summed E-state index contributed by atoms with van der Waals surface area (Å²) in [6.07, 6.45) is 2.50. The van der Waals surface area contributed by atoms with E-state index in [1.807, 2.05) is 0 Å². The van der Waals surface area contributed by atoms with Crippen LogP contribution in [-0.2, 0) is 10.1 Å². The predicted molar refractivity (Wildman–Crippen MR) is 100 cm³/mol. The van der Waals surface area contributed by atoms with Crippen LogP contribution >= 0.6 is 0 Å². The molecular weight excluding hydrogens is 429 g/mol. The fourth-order valence-corrected chi connectivity index (χ4v) is 2.77. The Labute approximate surface area is 169 Å². The lowest BCUT2D eigenvalue weighted by Gasteiger charge is -2.14. The van der Waals surface area contributed by atoms with E-state index in [0.29, 0.717) is 17.1 Å². The fourth-order valence-electron chi connectivity index (χ4n) is 2.34. The van der Waals surface area contributed by atoms with Crippen LogP contribution in [0.25, 0.3) is 12.2 Å². The van der Waals surface area contributed by atoms with Crippen LogP contribution in [0.15, 0.2) is 29.1 Å². The van der Waals surface area contributed by atoms with E-state index in [1.54, 1.807) is 18.2 Å². The van der Waals surface area contributed by atoms with E-state index in [0.717, 1.165) is 12.1 Å². The largest absolute Gasteiger partial charge is 0.536 e. The summed E-state index contributed by atoms with van der Waals surface area (Å²) < 4.78 is 75.2. The van der Waals surface area contributed by atoms with Crippen LogP contribution in [0.5, 0.6) is 11.5 Å². The molecular formula is C18H15F3N2O6S. The van der Waals surface area contributed by atoms with Crippen LogP contribution in [-0.4, -0.2) is 32.9 Å². The Hall–Kier alpha value is -3.46. The minimum Gasteiger partial charge on any atom is -0.497 e. The molecule has 0 saturated heterocycles. The third kappa shape index (κ3) is 4.57. The van der Waals surface area contributed by atoms with Crippen molar-refractivity contribution in [2.45, 2.75) is 12.4 Å². The second kappa shape index (κ2) is 8.50. The Bertz CT molecular complexity index is 1190. The van der Waals surface area contributed by atoms with Crippen molar-refractivity contribution in [3.05, 3.63) is 57.0 Å². The number of hydrogen-bond donors (Lipinski definition) is 0. The monoisotopic (exact) mass is 444 g/mol. The lowest BCUT2D eigenvalue weighted by molar-refractivity contribution is -0.0549. The van der Waals surface area contributed by atoms with Gasteiger partial charge in [-0.05, 0) is 42.8 Å². The Morgan fingerprint density at radius 3 is 2.33 bits per heavy atom. The molecule has 1 aromatic carbocycles. The predicted octanol–water partition coefficient (Wildman–Crippen LogP) is 2.49. The first-order valence-corrected chi connectivity index (χ1v) is 9.44. The Morgan fingerprint density at radius 2 is 1.80 bits per heavy atom. The average molecular weight is 444 g/mol. The van der Waals surface area contributed by atoms with Gasteiger partial charge >= 0.3 is 21.2 Å². The van der Waals surface area contributed by atoms with Crippen molar-refractivity contribution in [3.8, 4) is 17.6 Å². The summed E-state index contributed by atoms with van der Waals surface area (Å²) in [6.45, 7) is 1.37. The maximum atomic E-state index is 12.7. The van der Waals surface area contributed by atoms with Gasteiger partial charge in [0, 0.05) is 11.6 Å². The third-order valence-corrected chi connectivity index (χ3v) is 4.75. The van der Waals surface area contributed by atoms with E-state index < -0.39 is 26.7 Å². The molecule has 8 nitrogen and oxygen atoms in total. The van der Waals surface area contributed by atoms with Crippen LogP contribution in [0.1, 0.15) is 22.4 Å². The molecule has 0 aliphatic carbocycles. The maximum absolute atomic E-state index is 12.7. The highest BCUT2D eigenvalue weighted by Crippen LogP contribution is 2.27. The summed E-state index contributed by atoms with van der Waals surface area (Å²) in [7, 11) is -3.33. The van der Waals surface area contributed by atoms with Gasteiger partial charge in [-0.1, -0.05) is 0 Å². The van der Waals surface area contributed by atoms with E-state index >= 15 is 0 Å². The molecule has 1 aromatic heterocycles. The smallest absolute Gasteiger partial charge is 0.497 e. The van der Waals surface area contributed by atoms with Crippen molar-refractivity contribution >= 4 is 22.3 Å². The van der Waals surface area contributed by atoms with Crippen molar-refractivity contribution < 1.29 is 35.3 Å². The molecule has 0 aliphatic heterocycles. The zero-order valence-electron chi connectivity index (χ0n) is 15.9. The third-order valence-electron chi connectivity index (χ3n) is 3.83. The molecule has 0 spiro atoms. The molecule has 2 aromatic rings. The van der Waals surface area contributed by atoms with Gasteiger partial charge < -0.3 is 9.47 Å². The molecule has 0 aliphatic rings. The van der Waals surface area contributed by atoms with Gasteiger partial charge in [-0.2, -0.15) is 26.9 Å². The van der Waals surface area contributed by atoms with Gasteiger partial charge in [0.15, 0.2) is 0 Å². The van der Waals surface area contributed by atoms with E-state index in [4.69, 9.17) is 14.7 Å². The van der Waals surface area contributed by atoms with Crippen LogP contribution in [0, 0.1) is 18.3 Å². The molecule has 0 amide bonds. The molecule has 160 valence electrons. The maximum Gasteiger partial charge on any atom is 0.536 e. The van der Waals surface area contributed by atoms with Gasteiger partial charge in [0.2, 0.25) is 0 Å². The van der Waals surface area contributed by atoms with Gasteiger partial charge in [0.25, 0.3) is 0 Å². The topological polar surface area (TPSA) is 108 Å². The van der Waals surface area contributed by atoms with Gasteiger partial charge in [0.05, 0.1) is 19.9 Å². The first-order valence-electron chi connectivity index (χ1n) is 8.03. The summed E-state index contributed by atoms with van der Waals surface area (Å²) in [5.41, 5.74) is -7.48. The van der Waals surface area contributed by atoms with Gasteiger partial charge in [-0.15, -0.1) is 4.73 Å². The minimum absolute atomic E-state index is 0.0964. The lowest BCUT2D eigenvalue weighted by Crippen LogP contribution is -2.40. The van der Waals surface area contributed by atoms with Crippen LogP contribution in [0.3, 0.4) is 0 Å². The number of halogens is 3. The Kier molecular flexibility index (Phi) is 6.47. The SMILES string of the molecule is COc1ccc(/C=C/c2cc(C)c(C#N)c(=O)n2OS(=O)(=O)C(F)(F)F)c(OC)c1. The van der Waals surface area contributed by atoms with E-state index in [9.17, 15) is 26.4 Å². The van der Waals surface area contributed by atoms with E-state index in [-0.39, 0.29) is 16.0 Å². The number of aromatic nitrogens is 1. The highest BCUT2D eigenvalue weighted by Gasteiger charge is 2.49. The lowest BCUT2D eigenvalue weighted by atomic mass is 10.1. The summed E-state index contributed by atoms with van der Waals surface area (Å²) in [4.78, 5) is 12.4. The molecule has 2 rings (SSSR count). The van der Waals surface area contributed by atoms with Crippen molar-refractivity contribution in [1.29, 1.82) is 5.26 Å². The number of hydrogen-bond acceptors (Lipinski definition) is 7. The normalized spacial score (nSPS) is 11.9. The zero-order valence-corrected chi connectivity index (χ0v) is 16.7. The number of rotatable bonds is 6. The number of alkyl halides is 3. The Morgan fingerprint density at radius 1 is 1.13 bits per heavy atom. The van der Waals surface area contributed by atoms with Gasteiger partial charge in [-0.25, -0.2) is 0 Å². The van der Waals surface area contributed by atoms with E-state index in [1.165, 1.54) is 33.3 Å². The second-order valence-corrected chi connectivity index (χ2v) is 7.27. The first-order chi connectivity index (χ1) is 13.9. The summed E-state index contributed by atoms with van der Waals surface area (Å²) in [6, 6.07) is 7.35. The average Bonchev–Trinajstić information content (AvgIpc) is 2.68. The number of nitriles is 1. The number of pyridine rings is 1. The molecule has 0 unspecified atom stereocenters. The van der Waals surface area contributed by atoms with Gasteiger partial charge in [0.1, 0.15) is 23.1 Å². The van der Waals surface area contributed by atoms with E-state index in [2.05, 4.69) is 4.28 Å². The molecule has 0 fully saturated rings. The zero-order chi connectivity index (χ0) is 22.7. The molecule has 30 heavy (non-hydrogen) atoms. The van der Waals surface area contributed by atoms with Crippen molar-refractivity contribution in [3.63, 3.8) is 0 Å². The van der Waals surface area contributed by atoms with Crippen molar-refractivity contribution in [2.24, 2.45) is 0 Å². The molecule has 1 heterocycles.